The van der Waals surface area contributed by atoms with Crippen molar-refractivity contribution in [2.75, 3.05) is 0 Å². The van der Waals surface area contributed by atoms with Crippen molar-refractivity contribution in [1.82, 2.24) is 9.38 Å². The van der Waals surface area contributed by atoms with E-state index in [4.69, 9.17) is 0 Å². The van der Waals surface area contributed by atoms with Crippen molar-refractivity contribution < 1.29 is 10.2 Å². The average Bonchev–Trinajstić information content (AvgIpc) is 2.83. The Bertz CT molecular complexity index is 1190. The maximum absolute atomic E-state index is 12.2. The number of nitrogens with zero attached hydrogens (tertiary/aromatic N) is 2. The van der Waals surface area contributed by atoms with E-state index in [1.165, 1.54) is 0 Å². The number of phenols is 2. The van der Waals surface area contributed by atoms with Crippen LogP contribution in [-0.2, 0) is 0 Å². The molecule has 2 N–H and O–H groups in total. The summed E-state index contributed by atoms with van der Waals surface area (Å²) in [6, 6.07) is 8.95. The highest BCUT2D eigenvalue weighted by atomic mass is 32.1. The Hall–Kier alpha value is -2.93. The molecule has 4 rings (SSSR count). The highest BCUT2D eigenvalue weighted by molar-refractivity contribution is 7.24. The molecule has 0 bridgehead atoms. The third-order valence-corrected chi connectivity index (χ3v) is 4.54. The van der Waals surface area contributed by atoms with Crippen molar-refractivity contribution in [1.29, 1.82) is 0 Å². The van der Waals surface area contributed by atoms with Gasteiger partial charge in [0.1, 0.15) is 21.7 Å². The number of aromatic hydroxyl groups is 2. The summed E-state index contributed by atoms with van der Waals surface area (Å²) in [6.07, 6.45) is 0. The second-order valence-corrected chi connectivity index (χ2v) is 5.74. The molecular weight excluding hydrogens is 304 g/mol. The molecule has 0 aliphatic heterocycles. The zero-order valence-electron chi connectivity index (χ0n) is 11.0. The quantitative estimate of drug-likeness (QED) is 0.483. The minimum Gasteiger partial charge on any atom is -0.506 e. The van der Waals surface area contributed by atoms with Gasteiger partial charge in [-0.1, -0.05) is 35.6 Å². The number of thiazole rings is 1. The maximum atomic E-state index is 12.2. The second kappa shape index (κ2) is 4.28. The van der Waals surface area contributed by atoms with E-state index in [2.05, 4.69) is 4.98 Å². The summed E-state index contributed by atoms with van der Waals surface area (Å²) in [5.41, 5.74) is -0.903. The summed E-state index contributed by atoms with van der Waals surface area (Å²) in [7, 11) is 0. The molecule has 0 aliphatic rings. The largest absolute Gasteiger partial charge is 0.506 e. The molecule has 6 nitrogen and oxygen atoms in total. The van der Waals surface area contributed by atoms with Gasteiger partial charge in [0.15, 0.2) is 0 Å². The van der Waals surface area contributed by atoms with E-state index in [0.29, 0.717) is 15.5 Å². The first-order valence-corrected chi connectivity index (χ1v) is 7.19. The number of hydrogen-bond acceptors (Lipinski definition) is 6. The molecule has 0 saturated heterocycles. The average molecular weight is 312 g/mol. The Morgan fingerprint density at radius 1 is 0.955 bits per heavy atom. The minimum absolute atomic E-state index is 0.0478. The Kier molecular flexibility index (Phi) is 2.49. The van der Waals surface area contributed by atoms with Crippen LogP contribution in [0.25, 0.3) is 25.9 Å². The van der Waals surface area contributed by atoms with E-state index in [-0.39, 0.29) is 22.0 Å². The van der Waals surface area contributed by atoms with Gasteiger partial charge < -0.3 is 10.2 Å². The third kappa shape index (κ3) is 1.57. The Labute approximate surface area is 126 Å². The Balaban J connectivity index is 2.44. The molecular formula is C15H8N2O4S. The van der Waals surface area contributed by atoms with Gasteiger partial charge in [-0.2, -0.15) is 4.98 Å². The number of fused-ring (bicyclic) bond motifs is 4. The van der Waals surface area contributed by atoms with Gasteiger partial charge in [0, 0.05) is 22.9 Å². The molecule has 0 radical (unpaired) electrons. The first-order chi connectivity index (χ1) is 10.6. The first-order valence-electron chi connectivity index (χ1n) is 6.37. The summed E-state index contributed by atoms with van der Waals surface area (Å²) in [5, 5.41) is 21.9. The molecule has 7 heteroatoms. The molecule has 0 atom stereocenters. The number of rotatable bonds is 0. The number of phenolic OH excluding ortho intramolecular Hbond substituents is 2. The standard InChI is InChI=1S/C15H8N2O4S/c18-9-5-6-10(19)17-11-12(20)7-3-1-2-4-8(7)13(21)14(11)22-15(17)16-9/h1-6,20-21H. The molecule has 2 aromatic carbocycles. The van der Waals surface area contributed by atoms with Gasteiger partial charge in [0.2, 0.25) is 4.96 Å². The van der Waals surface area contributed by atoms with Crippen molar-refractivity contribution in [3.63, 3.8) is 0 Å². The van der Waals surface area contributed by atoms with Crippen molar-refractivity contribution >= 4 is 37.3 Å². The molecule has 0 aliphatic carbocycles. The molecule has 0 spiro atoms. The zero-order chi connectivity index (χ0) is 15.4. The maximum Gasteiger partial charge on any atom is 0.272 e. The fraction of sp³-hybridized carbons (Fsp3) is 0. The predicted molar refractivity (Wildman–Crippen MR) is 84.0 cm³/mol. The Morgan fingerprint density at radius 3 is 2.36 bits per heavy atom. The van der Waals surface area contributed by atoms with Gasteiger partial charge in [-0.05, 0) is 0 Å². The van der Waals surface area contributed by atoms with Crippen LogP contribution in [0.5, 0.6) is 11.5 Å². The SMILES string of the molecule is O=c1ccc(=O)n2c(n1)sc1c(O)c3ccccc3c(O)c12. The van der Waals surface area contributed by atoms with E-state index >= 15 is 0 Å². The van der Waals surface area contributed by atoms with Gasteiger partial charge in [-0.3, -0.25) is 9.59 Å². The van der Waals surface area contributed by atoms with Crippen LogP contribution in [0.3, 0.4) is 0 Å². The Morgan fingerprint density at radius 2 is 1.64 bits per heavy atom. The van der Waals surface area contributed by atoms with Crippen LogP contribution < -0.4 is 11.1 Å². The van der Waals surface area contributed by atoms with Gasteiger partial charge in [0.05, 0.1) is 0 Å². The third-order valence-electron chi connectivity index (χ3n) is 3.49. The molecule has 2 heterocycles. The predicted octanol–water partition coefficient (Wildman–Crippen LogP) is 1.83. The molecule has 2 aromatic heterocycles. The molecule has 0 saturated carbocycles. The van der Waals surface area contributed by atoms with Crippen molar-refractivity contribution in [3.8, 4) is 11.5 Å². The highest BCUT2D eigenvalue weighted by Gasteiger charge is 2.19. The van der Waals surface area contributed by atoms with Crippen molar-refractivity contribution in [2.24, 2.45) is 0 Å². The van der Waals surface area contributed by atoms with Gasteiger partial charge in [-0.25, -0.2) is 4.40 Å². The summed E-state index contributed by atoms with van der Waals surface area (Å²) >= 11 is 0.981. The number of aromatic nitrogens is 2. The van der Waals surface area contributed by atoms with Crippen LogP contribution in [0.4, 0.5) is 0 Å². The van der Waals surface area contributed by atoms with E-state index in [1.54, 1.807) is 24.3 Å². The summed E-state index contributed by atoms with van der Waals surface area (Å²) < 4.78 is 1.45. The minimum atomic E-state index is -0.560. The molecule has 0 unspecified atom stereocenters. The molecule has 108 valence electrons. The molecule has 22 heavy (non-hydrogen) atoms. The lowest BCUT2D eigenvalue weighted by Gasteiger charge is -2.05. The van der Waals surface area contributed by atoms with Crippen molar-refractivity contribution in [2.45, 2.75) is 0 Å². The lowest BCUT2D eigenvalue weighted by atomic mass is 10.1. The summed E-state index contributed by atoms with van der Waals surface area (Å²) in [4.78, 5) is 27.7. The zero-order valence-corrected chi connectivity index (χ0v) is 11.8. The second-order valence-electron chi connectivity index (χ2n) is 4.76. The molecule has 0 amide bonds. The topological polar surface area (TPSA) is 91.9 Å². The lowest BCUT2D eigenvalue weighted by molar-refractivity contribution is 0.478. The van der Waals surface area contributed by atoms with E-state index < -0.39 is 11.1 Å². The number of hydrogen-bond donors (Lipinski definition) is 2. The highest BCUT2D eigenvalue weighted by Crippen LogP contribution is 2.44. The van der Waals surface area contributed by atoms with E-state index in [0.717, 1.165) is 27.9 Å². The van der Waals surface area contributed by atoms with Crippen LogP contribution in [0.2, 0.25) is 0 Å². The smallest absolute Gasteiger partial charge is 0.272 e. The van der Waals surface area contributed by atoms with Crippen LogP contribution in [0.15, 0.2) is 46.0 Å². The molecule has 0 fully saturated rings. The van der Waals surface area contributed by atoms with Crippen LogP contribution in [0, 0.1) is 0 Å². The lowest BCUT2D eigenvalue weighted by Crippen LogP contribution is -2.07. The normalized spacial score (nSPS) is 11.5. The van der Waals surface area contributed by atoms with Gasteiger partial charge in [0.25, 0.3) is 11.1 Å². The fourth-order valence-electron chi connectivity index (χ4n) is 2.53. The number of benzene rings is 2. The van der Waals surface area contributed by atoms with Gasteiger partial charge in [-0.15, -0.1) is 0 Å². The summed E-state index contributed by atoms with van der Waals surface area (Å²) in [5.74, 6) is -0.175. The van der Waals surface area contributed by atoms with Crippen LogP contribution >= 0.6 is 11.3 Å². The van der Waals surface area contributed by atoms with Gasteiger partial charge >= 0.3 is 0 Å². The van der Waals surface area contributed by atoms with Crippen molar-refractivity contribution in [3.05, 3.63) is 57.1 Å². The first kappa shape index (κ1) is 12.8. The fourth-order valence-corrected chi connectivity index (χ4v) is 3.61. The summed E-state index contributed by atoms with van der Waals surface area (Å²) in [6.45, 7) is 0. The van der Waals surface area contributed by atoms with Crippen LogP contribution in [-0.4, -0.2) is 19.6 Å². The van der Waals surface area contributed by atoms with Crippen LogP contribution in [0.1, 0.15) is 0 Å². The van der Waals surface area contributed by atoms with E-state index in [1.807, 2.05) is 0 Å². The van der Waals surface area contributed by atoms with E-state index in [9.17, 15) is 19.8 Å². The molecule has 4 aromatic rings. The monoisotopic (exact) mass is 312 g/mol.